The van der Waals surface area contributed by atoms with E-state index in [2.05, 4.69) is 15.4 Å². The van der Waals surface area contributed by atoms with E-state index in [1.807, 2.05) is 6.07 Å². The number of rotatable bonds is 7. The van der Waals surface area contributed by atoms with Crippen LogP contribution < -0.4 is 15.4 Å². The lowest BCUT2D eigenvalue weighted by Crippen LogP contribution is -2.37. The first-order chi connectivity index (χ1) is 10.5. The number of carbonyl (C=O) groups excluding carboxylic acids is 1. The van der Waals surface area contributed by atoms with E-state index in [-0.39, 0.29) is 5.91 Å². The SMILES string of the molecule is CC(=O)NCCc1ccc(S(=O)(=O)NCC2CCCNC2)s1. The molecule has 1 aromatic heterocycles. The molecule has 1 aliphatic heterocycles. The summed E-state index contributed by atoms with van der Waals surface area (Å²) in [7, 11) is -3.43. The molecule has 3 N–H and O–H groups in total. The van der Waals surface area contributed by atoms with Gasteiger partial charge in [0.15, 0.2) is 0 Å². The lowest BCUT2D eigenvalue weighted by Gasteiger charge is -2.22. The van der Waals surface area contributed by atoms with E-state index in [9.17, 15) is 13.2 Å². The molecule has 0 bridgehead atoms. The monoisotopic (exact) mass is 345 g/mol. The predicted molar refractivity (Wildman–Crippen MR) is 87.5 cm³/mol. The highest BCUT2D eigenvalue weighted by Crippen LogP contribution is 2.22. The molecule has 1 atom stereocenters. The van der Waals surface area contributed by atoms with Gasteiger partial charge in [0, 0.05) is 24.9 Å². The predicted octanol–water partition coefficient (Wildman–Crippen LogP) is 0.705. The topological polar surface area (TPSA) is 87.3 Å². The van der Waals surface area contributed by atoms with Gasteiger partial charge in [0.2, 0.25) is 15.9 Å². The van der Waals surface area contributed by atoms with E-state index in [1.165, 1.54) is 18.3 Å². The first kappa shape index (κ1) is 17.4. The van der Waals surface area contributed by atoms with E-state index in [4.69, 9.17) is 0 Å². The van der Waals surface area contributed by atoms with Crippen molar-refractivity contribution in [2.45, 2.75) is 30.4 Å². The van der Waals surface area contributed by atoms with Gasteiger partial charge in [-0.05, 0) is 50.4 Å². The number of carbonyl (C=O) groups is 1. The van der Waals surface area contributed by atoms with Gasteiger partial charge in [-0.1, -0.05) is 0 Å². The van der Waals surface area contributed by atoms with Gasteiger partial charge in [-0.3, -0.25) is 4.79 Å². The van der Waals surface area contributed by atoms with Crippen molar-refractivity contribution in [3.63, 3.8) is 0 Å². The second kappa shape index (κ2) is 8.05. The zero-order valence-electron chi connectivity index (χ0n) is 12.7. The second-order valence-electron chi connectivity index (χ2n) is 5.52. The summed E-state index contributed by atoms with van der Waals surface area (Å²) in [4.78, 5) is 11.8. The zero-order valence-corrected chi connectivity index (χ0v) is 14.4. The van der Waals surface area contributed by atoms with Crippen LogP contribution in [0.4, 0.5) is 0 Å². The molecule has 1 amide bonds. The van der Waals surface area contributed by atoms with Crippen molar-refractivity contribution in [2.24, 2.45) is 5.92 Å². The van der Waals surface area contributed by atoms with Crippen molar-refractivity contribution in [3.8, 4) is 0 Å². The molecule has 0 spiro atoms. The van der Waals surface area contributed by atoms with Crippen LogP contribution in [0.15, 0.2) is 16.3 Å². The van der Waals surface area contributed by atoms with Crippen LogP contribution in [0.25, 0.3) is 0 Å². The number of piperidine rings is 1. The van der Waals surface area contributed by atoms with Crippen LogP contribution in [-0.4, -0.2) is 40.5 Å². The van der Waals surface area contributed by atoms with Gasteiger partial charge in [-0.25, -0.2) is 13.1 Å². The molecule has 0 aliphatic carbocycles. The molecule has 0 aromatic carbocycles. The molecule has 2 rings (SSSR count). The fraction of sp³-hybridized carbons (Fsp3) is 0.643. The summed E-state index contributed by atoms with van der Waals surface area (Å²) in [6.07, 6.45) is 2.80. The van der Waals surface area contributed by atoms with Gasteiger partial charge in [-0.15, -0.1) is 11.3 Å². The maximum atomic E-state index is 12.3. The summed E-state index contributed by atoms with van der Waals surface area (Å²) in [6.45, 7) is 4.36. The minimum Gasteiger partial charge on any atom is -0.356 e. The maximum Gasteiger partial charge on any atom is 0.250 e. The van der Waals surface area contributed by atoms with Crippen molar-refractivity contribution in [3.05, 3.63) is 17.0 Å². The smallest absolute Gasteiger partial charge is 0.250 e. The molecule has 1 aliphatic rings. The Kier molecular flexibility index (Phi) is 6.37. The summed E-state index contributed by atoms with van der Waals surface area (Å²) in [5.41, 5.74) is 0. The molecule has 0 saturated carbocycles. The third kappa shape index (κ3) is 5.35. The molecule has 8 heteroatoms. The van der Waals surface area contributed by atoms with E-state index in [0.29, 0.717) is 29.6 Å². The summed E-state index contributed by atoms with van der Waals surface area (Å²) < 4.78 is 27.6. The molecular formula is C14H23N3O3S2. The fourth-order valence-corrected chi connectivity index (χ4v) is 4.91. The third-order valence-corrected chi connectivity index (χ3v) is 6.67. The fourth-order valence-electron chi connectivity index (χ4n) is 2.40. The second-order valence-corrected chi connectivity index (χ2v) is 8.68. The van der Waals surface area contributed by atoms with Crippen LogP contribution in [0.1, 0.15) is 24.6 Å². The first-order valence-electron chi connectivity index (χ1n) is 7.51. The first-order valence-corrected chi connectivity index (χ1v) is 9.81. The third-order valence-electron chi connectivity index (χ3n) is 3.61. The summed E-state index contributed by atoms with van der Waals surface area (Å²) in [5.74, 6) is 0.287. The van der Waals surface area contributed by atoms with E-state index >= 15 is 0 Å². The maximum absolute atomic E-state index is 12.3. The number of hydrogen-bond donors (Lipinski definition) is 3. The van der Waals surface area contributed by atoms with Gasteiger partial charge in [0.05, 0.1) is 0 Å². The Morgan fingerprint density at radius 1 is 1.45 bits per heavy atom. The van der Waals surface area contributed by atoms with Crippen molar-refractivity contribution in [2.75, 3.05) is 26.2 Å². The van der Waals surface area contributed by atoms with Crippen LogP contribution in [0.2, 0.25) is 0 Å². The molecule has 1 fully saturated rings. The van der Waals surface area contributed by atoms with Crippen molar-refractivity contribution in [1.29, 1.82) is 0 Å². The normalized spacial score (nSPS) is 19.0. The van der Waals surface area contributed by atoms with Crippen molar-refractivity contribution >= 4 is 27.3 Å². The number of sulfonamides is 1. The molecule has 1 saturated heterocycles. The lowest BCUT2D eigenvalue weighted by molar-refractivity contribution is -0.118. The Bertz CT molecular complexity index is 592. The van der Waals surface area contributed by atoms with E-state index < -0.39 is 10.0 Å². The highest BCUT2D eigenvalue weighted by atomic mass is 32.2. The number of amides is 1. The van der Waals surface area contributed by atoms with Crippen LogP contribution in [0.3, 0.4) is 0 Å². The quantitative estimate of drug-likeness (QED) is 0.679. The average Bonchev–Trinajstić information content (AvgIpc) is 2.96. The van der Waals surface area contributed by atoms with Gasteiger partial charge in [-0.2, -0.15) is 0 Å². The highest BCUT2D eigenvalue weighted by Gasteiger charge is 2.20. The molecular weight excluding hydrogens is 322 g/mol. The van der Waals surface area contributed by atoms with Crippen LogP contribution >= 0.6 is 11.3 Å². The molecule has 2 heterocycles. The number of nitrogens with one attached hydrogen (secondary N) is 3. The Morgan fingerprint density at radius 2 is 2.27 bits per heavy atom. The molecule has 124 valence electrons. The number of hydrogen-bond acceptors (Lipinski definition) is 5. The standard InChI is InChI=1S/C14H23N3O3S2/c1-11(18)16-8-6-13-4-5-14(21-13)22(19,20)17-10-12-3-2-7-15-9-12/h4-5,12,15,17H,2-3,6-10H2,1H3,(H,16,18). The van der Waals surface area contributed by atoms with Crippen LogP contribution in [-0.2, 0) is 21.2 Å². The molecule has 1 aromatic rings. The summed E-state index contributed by atoms with van der Waals surface area (Å²) in [5, 5.41) is 5.99. The van der Waals surface area contributed by atoms with Gasteiger partial charge in [0.1, 0.15) is 4.21 Å². The highest BCUT2D eigenvalue weighted by molar-refractivity contribution is 7.91. The van der Waals surface area contributed by atoms with E-state index in [0.717, 1.165) is 30.8 Å². The van der Waals surface area contributed by atoms with Crippen LogP contribution in [0, 0.1) is 5.92 Å². The molecule has 22 heavy (non-hydrogen) atoms. The Morgan fingerprint density at radius 3 is 2.95 bits per heavy atom. The van der Waals surface area contributed by atoms with Crippen molar-refractivity contribution < 1.29 is 13.2 Å². The number of thiophene rings is 1. The molecule has 0 radical (unpaired) electrons. The summed E-state index contributed by atoms with van der Waals surface area (Å²) in [6, 6.07) is 3.44. The summed E-state index contributed by atoms with van der Waals surface area (Å²) >= 11 is 1.26. The van der Waals surface area contributed by atoms with Crippen LogP contribution in [0.5, 0.6) is 0 Å². The largest absolute Gasteiger partial charge is 0.356 e. The molecule has 6 nitrogen and oxygen atoms in total. The van der Waals surface area contributed by atoms with Gasteiger partial charge < -0.3 is 10.6 Å². The zero-order chi connectivity index (χ0) is 16.0. The minimum absolute atomic E-state index is 0.0767. The van der Waals surface area contributed by atoms with Gasteiger partial charge in [0.25, 0.3) is 0 Å². The Balaban J connectivity index is 1.86. The lowest BCUT2D eigenvalue weighted by atomic mass is 10.0. The Labute approximate surface area is 135 Å². The van der Waals surface area contributed by atoms with Gasteiger partial charge >= 0.3 is 0 Å². The van der Waals surface area contributed by atoms with E-state index in [1.54, 1.807) is 6.07 Å². The average molecular weight is 345 g/mol. The van der Waals surface area contributed by atoms with Crippen molar-refractivity contribution in [1.82, 2.24) is 15.4 Å². The Hall–Kier alpha value is -0.960. The minimum atomic E-state index is -3.43. The molecule has 1 unspecified atom stereocenters.